The molecule has 0 heterocycles. The molecular weight excluding hydrogens is 104 g/mol. The normalized spacial score (nSPS) is 6.88. The van der Waals surface area contributed by atoms with Gasteiger partial charge in [-0.05, 0) is 6.54 Å². The van der Waals surface area contributed by atoms with E-state index in [2.05, 4.69) is 5.73 Å². The predicted octanol–water partition coefficient (Wildman–Crippen LogP) is -0.153. The van der Waals surface area contributed by atoms with Gasteiger partial charge < -0.3 is 11.5 Å². The second kappa shape index (κ2) is 9.66. The van der Waals surface area contributed by atoms with E-state index >= 15 is 0 Å². The van der Waals surface area contributed by atoms with Crippen LogP contribution in [0.25, 0.3) is 0 Å². The van der Waals surface area contributed by atoms with E-state index in [0.717, 1.165) is 6.54 Å². The van der Waals surface area contributed by atoms with E-state index in [1.165, 1.54) is 0 Å². The number of primary amides is 1. The highest BCUT2D eigenvalue weighted by molar-refractivity contribution is 5.73. The molecule has 0 aromatic rings. The van der Waals surface area contributed by atoms with Crippen molar-refractivity contribution in [1.29, 1.82) is 0 Å². The van der Waals surface area contributed by atoms with Gasteiger partial charge in [-0.25, -0.2) is 0 Å². The number of carbonyl (C=O) groups excluding carboxylic acids is 1. The van der Waals surface area contributed by atoms with Crippen molar-refractivity contribution in [2.75, 3.05) is 6.54 Å². The van der Waals surface area contributed by atoms with Gasteiger partial charge in [-0.1, -0.05) is 13.8 Å². The van der Waals surface area contributed by atoms with Crippen molar-refractivity contribution in [2.24, 2.45) is 11.5 Å². The number of hydrogen-bond acceptors (Lipinski definition) is 2. The molecule has 3 nitrogen and oxygen atoms in total. The lowest BCUT2D eigenvalue weighted by atomic mass is 10.5. The van der Waals surface area contributed by atoms with Gasteiger partial charge in [0.25, 0.3) is 0 Å². The van der Waals surface area contributed by atoms with Crippen LogP contribution >= 0.6 is 0 Å². The molecule has 0 aliphatic carbocycles. The predicted molar refractivity (Wildman–Crippen MR) is 34.2 cm³/mol. The highest BCUT2D eigenvalue weighted by atomic mass is 16.1. The molecule has 0 saturated heterocycles. The highest BCUT2D eigenvalue weighted by Crippen LogP contribution is 1.63. The molecule has 0 aromatic carbocycles. The van der Waals surface area contributed by atoms with E-state index in [-0.39, 0.29) is 5.91 Å². The molecule has 4 N–H and O–H groups in total. The maximum atomic E-state index is 9.59. The summed E-state index contributed by atoms with van der Waals surface area (Å²) in [4.78, 5) is 9.59. The number of hydrogen-bond donors (Lipinski definition) is 2. The number of carbonyl (C=O) groups is 1. The zero-order valence-corrected chi connectivity index (χ0v) is 5.48. The van der Waals surface area contributed by atoms with Crippen molar-refractivity contribution in [2.45, 2.75) is 20.3 Å². The van der Waals surface area contributed by atoms with Crippen molar-refractivity contribution in [3.05, 3.63) is 0 Å². The SMILES string of the molecule is CCC(N)=O.CCN. The van der Waals surface area contributed by atoms with Crippen LogP contribution in [0.15, 0.2) is 0 Å². The molecule has 0 rings (SSSR count). The number of amides is 1. The van der Waals surface area contributed by atoms with Gasteiger partial charge in [0.05, 0.1) is 0 Å². The topological polar surface area (TPSA) is 69.1 Å². The minimum Gasteiger partial charge on any atom is -0.370 e. The van der Waals surface area contributed by atoms with E-state index in [9.17, 15) is 4.79 Å². The van der Waals surface area contributed by atoms with Gasteiger partial charge in [-0.3, -0.25) is 4.79 Å². The van der Waals surface area contributed by atoms with Gasteiger partial charge in [-0.15, -0.1) is 0 Å². The van der Waals surface area contributed by atoms with Crippen LogP contribution in [0.1, 0.15) is 20.3 Å². The molecule has 0 bridgehead atoms. The maximum Gasteiger partial charge on any atom is 0.217 e. The van der Waals surface area contributed by atoms with Gasteiger partial charge in [0.1, 0.15) is 0 Å². The lowest BCUT2D eigenvalue weighted by Gasteiger charge is -1.73. The van der Waals surface area contributed by atoms with Crippen LogP contribution in [-0.4, -0.2) is 12.5 Å². The van der Waals surface area contributed by atoms with Crippen LogP contribution < -0.4 is 11.5 Å². The number of rotatable bonds is 1. The van der Waals surface area contributed by atoms with Crippen LogP contribution in [0.3, 0.4) is 0 Å². The fourth-order valence-electron chi connectivity index (χ4n) is 0. The molecule has 3 heteroatoms. The molecule has 0 aliphatic rings. The largest absolute Gasteiger partial charge is 0.370 e. The zero-order valence-electron chi connectivity index (χ0n) is 5.48. The molecule has 8 heavy (non-hydrogen) atoms. The summed E-state index contributed by atoms with van der Waals surface area (Å²) in [7, 11) is 0. The van der Waals surface area contributed by atoms with Crippen LogP contribution in [0.5, 0.6) is 0 Å². The number of nitrogens with two attached hydrogens (primary N) is 2. The van der Waals surface area contributed by atoms with E-state index in [1.54, 1.807) is 6.92 Å². The molecule has 0 unspecified atom stereocenters. The summed E-state index contributed by atoms with van der Waals surface area (Å²) in [6, 6.07) is 0. The van der Waals surface area contributed by atoms with Gasteiger partial charge in [-0.2, -0.15) is 0 Å². The quantitative estimate of drug-likeness (QED) is 0.502. The van der Waals surface area contributed by atoms with E-state index in [4.69, 9.17) is 5.73 Å². The van der Waals surface area contributed by atoms with Crippen LogP contribution in [0, 0.1) is 0 Å². The Morgan fingerprint density at radius 2 is 1.62 bits per heavy atom. The van der Waals surface area contributed by atoms with Crippen molar-refractivity contribution in [3.63, 3.8) is 0 Å². The van der Waals surface area contributed by atoms with Crippen LogP contribution in [0.4, 0.5) is 0 Å². The third-order valence-electron chi connectivity index (χ3n) is 0.348. The second-order valence-electron chi connectivity index (χ2n) is 1.23. The smallest absolute Gasteiger partial charge is 0.217 e. The Hall–Kier alpha value is -0.570. The fraction of sp³-hybridized carbons (Fsp3) is 0.800. The molecule has 0 radical (unpaired) electrons. The van der Waals surface area contributed by atoms with Gasteiger partial charge in [0, 0.05) is 6.42 Å². The average molecular weight is 118 g/mol. The summed E-state index contributed by atoms with van der Waals surface area (Å²) in [5.41, 5.74) is 9.50. The Kier molecular flexibility index (Phi) is 12.6. The van der Waals surface area contributed by atoms with E-state index in [0.29, 0.717) is 6.42 Å². The standard InChI is InChI=1S/C3H7NO.C2H7N/c1-2-3(4)5;1-2-3/h2H2,1H3,(H2,4,5);2-3H2,1H3. The first-order valence-corrected chi connectivity index (χ1v) is 2.67. The zero-order chi connectivity index (χ0) is 6.99. The first-order valence-electron chi connectivity index (χ1n) is 2.67. The van der Waals surface area contributed by atoms with Crippen molar-refractivity contribution >= 4 is 5.91 Å². The molecule has 0 aromatic heterocycles. The Balaban J connectivity index is 0. The highest BCUT2D eigenvalue weighted by Gasteiger charge is 1.77. The third-order valence-corrected chi connectivity index (χ3v) is 0.348. The Bertz CT molecular complexity index is 54.4. The molecule has 0 saturated carbocycles. The second-order valence-corrected chi connectivity index (χ2v) is 1.23. The minimum absolute atomic E-state index is 0.245. The van der Waals surface area contributed by atoms with Crippen molar-refractivity contribution in [1.82, 2.24) is 0 Å². The Labute approximate surface area is 50.0 Å². The molecular formula is C5H14N2O. The molecule has 50 valence electrons. The summed E-state index contributed by atoms with van der Waals surface area (Å²) >= 11 is 0. The summed E-state index contributed by atoms with van der Waals surface area (Å²) in [5.74, 6) is -0.245. The summed E-state index contributed by atoms with van der Waals surface area (Å²) in [5, 5.41) is 0. The van der Waals surface area contributed by atoms with Crippen molar-refractivity contribution < 1.29 is 4.79 Å². The van der Waals surface area contributed by atoms with Gasteiger partial charge in [0.15, 0.2) is 0 Å². The first kappa shape index (κ1) is 10.4. The van der Waals surface area contributed by atoms with Crippen LogP contribution in [0.2, 0.25) is 0 Å². The lowest BCUT2D eigenvalue weighted by molar-refractivity contribution is -0.117. The summed E-state index contributed by atoms with van der Waals surface area (Å²) in [6.07, 6.45) is 0.444. The molecule has 0 atom stereocenters. The Morgan fingerprint density at radius 3 is 1.62 bits per heavy atom. The maximum absolute atomic E-state index is 9.59. The van der Waals surface area contributed by atoms with Crippen molar-refractivity contribution in [3.8, 4) is 0 Å². The van der Waals surface area contributed by atoms with Crippen LogP contribution in [-0.2, 0) is 4.79 Å². The van der Waals surface area contributed by atoms with E-state index in [1.807, 2.05) is 6.92 Å². The molecule has 1 amide bonds. The minimum atomic E-state index is -0.245. The van der Waals surface area contributed by atoms with Gasteiger partial charge in [0.2, 0.25) is 5.91 Å². The van der Waals surface area contributed by atoms with Gasteiger partial charge >= 0.3 is 0 Å². The Morgan fingerprint density at radius 1 is 1.50 bits per heavy atom. The molecule has 0 fully saturated rings. The fourth-order valence-corrected chi connectivity index (χ4v) is 0. The first-order chi connectivity index (χ1) is 3.68. The van der Waals surface area contributed by atoms with E-state index < -0.39 is 0 Å². The third kappa shape index (κ3) is 52.1. The molecule has 0 spiro atoms. The summed E-state index contributed by atoms with van der Waals surface area (Å²) in [6.45, 7) is 4.38. The monoisotopic (exact) mass is 118 g/mol. The lowest BCUT2D eigenvalue weighted by Crippen LogP contribution is -2.06. The molecule has 0 aliphatic heterocycles. The summed E-state index contributed by atoms with van der Waals surface area (Å²) < 4.78 is 0. The average Bonchev–Trinajstić information content (AvgIpc) is 1.69.